The molecule has 23 heavy (non-hydrogen) atoms. The van der Waals surface area contributed by atoms with E-state index in [0.29, 0.717) is 19.1 Å². The van der Waals surface area contributed by atoms with E-state index in [1.807, 2.05) is 0 Å². The van der Waals surface area contributed by atoms with Crippen LogP contribution in [0.2, 0.25) is 0 Å². The second kappa shape index (κ2) is 7.78. The number of hydrogen-bond acceptors (Lipinski definition) is 3. The van der Waals surface area contributed by atoms with Gasteiger partial charge in [0.2, 0.25) is 10.0 Å². The summed E-state index contributed by atoms with van der Waals surface area (Å²) in [6.07, 6.45) is 4.17. The molecule has 2 fully saturated rings. The summed E-state index contributed by atoms with van der Waals surface area (Å²) >= 11 is 3.04. The minimum absolute atomic E-state index is 0. The van der Waals surface area contributed by atoms with Gasteiger partial charge in [-0.1, -0.05) is 6.07 Å². The van der Waals surface area contributed by atoms with Crippen molar-refractivity contribution in [1.29, 1.82) is 0 Å². The predicted octanol–water partition coefficient (Wildman–Crippen LogP) is 3.16. The number of halogens is 3. The smallest absolute Gasteiger partial charge is 0.246 e. The van der Waals surface area contributed by atoms with Crippen molar-refractivity contribution in [2.24, 2.45) is 5.92 Å². The van der Waals surface area contributed by atoms with E-state index in [2.05, 4.69) is 21.2 Å². The third kappa shape index (κ3) is 4.45. The lowest BCUT2D eigenvalue weighted by Gasteiger charge is -2.31. The van der Waals surface area contributed by atoms with Crippen LogP contribution >= 0.6 is 28.3 Å². The van der Waals surface area contributed by atoms with Gasteiger partial charge in [0, 0.05) is 19.1 Å². The van der Waals surface area contributed by atoms with Gasteiger partial charge in [-0.05, 0) is 66.2 Å². The maximum Gasteiger partial charge on any atom is 0.246 e. The molecule has 0 atom stereocenters. The van der Waals surface area contributed by atoms with Crippen LogP contribution in [-0.2, 0) is 10.0 Å². The highest BCUT2D eigenvalue weighted by Gasteiger charge is 2.32. The van der Waals surface area contributed by atoms with Crippen molar-refractivity contribution in [3.63, 3.8) is 0 Å². The molecule has 0 aromatic heterocycles. The normalized spacial score (nSPS) is 20.3. The average molecular weight is 428 g/mol. The van der Waals surface area contributed by atoms with Gasteiger partial charge in [0.05, 0.1) is 4.47 Å². The van der Waals surface area contributed by atoms with E-state index < -0.39 is 15.8 Å². The van der Waals surface area contributed by atoms with Crippen molar-refractivity contribution in [3.8, 4) is 0 Å². The van der Waals surface area contributed by atoms with Crippen LogP contribution in [0.15, 0.2) is 27.6 Å². The van der Waals surface area contributed by atoms with Crippen LogP contribution in [0.4, 0.5) is 4.39 Å². The summed E-state index contributed by atoms with van der Waals surface area (Å²) in [5.74, 6) is 0.106. The number of sulfonamides is 1. The van der Waals surface area contributed by atoms with Crippen LogP contribution in [0.5, 0.6) is 0 Å². The molecule has 0 amide bonds. The van der Waals surface area contributed by atoms with Gasteiger partial charge in [-0.3, -0.25) is 0 Å². The van der Waals surface area contributed by atoms with E-state index >= 15 is 0 Å². The quantitative estimate of drug-likeness (QED) is 0.785. The van der Waals surface area contributed by atoms with Crippen LogP contribution in [0.3, 0.4) is 0 Å². The van der Waals surface area contributed by atoms with Crippen LogP contribution in [-0.4, -0.2) is 38.4 Å². The highest BCUT2D eigenvalue weighted by atomic mass is 79.9. The third-order valence-corrected chi connectivity index (χ3v) is 6.91. The van der Waals surface area contributed by atoms with Gasteiger partial charge < -0.3 is 5.32 Å². The molecule has 1 saturated carbocycles. The van der Waals surface area contributed by atoms with Crippen molar-refractivity contribution in [2.75, 3.05) is 19.6 Å². The fourth-order valence-electron chi connectivity index (χ4n) is 2.78. The molecule has 2 aliphatic rings. The zero-order valence-corrected chi connectivity index (χ0v) is 15.9. The predicted molar refractivity (Wildman–Crippen MR) is 93.9 cm³/mol. The first-order valence-corrected chi connectivity index (χ1v) is 9.89. The Morgan fingerprint density at radius 3 is 2.48 bits per heavy atom. The number of benzene rings is 1. The molecule has 1 aliphatic carbocycles. The summed E-state index contributed by atoms with van der Waals surface area (Å²) in [7, 11) is -3.76. The molecule has 1 aromatic carbocycles. The zero-order valence-electron chi connectivity index (χ0n) is 12.7. The van der Waals surface area contributed by atoms with Crippen LogP contribution in [0, 0.1) is 11.7 Å². The van der Waals surface area contributed by atoms with Crippen molar-refractivity contribution in [3.05, 3.63) is 28.5 Å². The molecular formula is C15H21BrClFN2O2S. The van der Waals surface area contributed by atoms with Crippen molar-refractivity contribution in [2.45, 2.75) is 36.6 Å². The number of hydrogen-bond donors (Lipinski definition) is 1. The lowest BCUT2D eigenvalue weighted by molar-refractivity contribution is 0.287. The Hall–Kier alpha value is -0.210. The summed E-state index contributed by atoms with van der Waals surface area (Å²) in [6, 6.07) is 4.75. The number of piperidine rings is 1. The Morgan fingerprint density at radius 2 is 1.87 bits per heavy atom. The van der Waals surface area contributed by atoms with Crippen LogP contribution in [0.25, 0.3) is 0 Å². The second-order valence-corrected chi connectivity index (χ2v) is 8.84. The lowest BCUT2D eigenvalue weighted by atomic mass is 10.1. The second-order valence-electron chi connectivity index (χ2n) is 6.08. The molecule has 0 unspecified atom stereocenters. The molecule has 1 aliphatic heterocycles. The van der Waals surface area contributed by atoms with Crippen LogP contribution in [0.1, 0.15) is 25.7 Å². The fraction of sp³-hybridized carbons (Fsp3) is 0.600. The Kier molecular flexibility index (Phi) is 6.47. The van der Waals surface area contributed by atoms with Gasteiger partial charge in [0.25, 0.3) is 0 Å². The Balaban J connectivity index is 0.00000192. The first-order valence-electron chi connectivity index (χ1n) is 7.66. The molecule has 1 saturated heterocycles. The Bertz CT molecular complexity index is 647. The SMILES string of the molecule is Cl.O=S(=O)(c1cccc(Br)c1F)N1CCC(NCC2CC2)CC1. The average Bonchev–Trinajstić information content (AvgIpc) is 3.32. The summed E-state index contributed by atoms with van der Waals surface area (Å²) in [4.78, 5) is -0.244. The maximum atomic E-state index is 14.1. The molecule has 1 aromatic rings. The summed E-state index contributed by atoms with van der Waals surface area (Å²) in [6.45, 7) is 1.92. The van der Waals surface area contributed by atoms with Gasteiger partial charge >= 0.3 is 0 Å². The van der Waals surface area contributed by atoms with Crippen molar-refractivity contribution < 1.29 is 12.8 Å². The van der Waals surface area contributed by atoms with E-state index in [9.17, 15) is 12.8 Å². The summed E-state index contributed by atoms with van der Waals surface area (Å²) < 4.78 is 40.8. The van der Waals surface area contributed by atoms with Crippen LogP contribution < -0.4 is 5.32 Å². The molecule has 8 heteroatoms. The molecule has 1 heterocycles. The van der Waals surface area contributed by atoms with E-state index in [4.69, 9.17) is 0 Å². The third-order valence-electron chi connectivity index (χ3n) is 4.38. The van der Waals surface area contributed by atoms with Gasteiger partial charge in [-0.2, -0.15) is 4.31 Å². The first kappa shape index (κ1) is 19.1. The Morgan fingerprint density at radius 1 is 1.22 bits per heavy atom. The number of nitrogens with zero attached hydrogens (tertiary/aromatic N) is 1. The molecule has 0 radical (unpaired) electrons. The van der Waals surface area contributed by atoms with Crippen molar-refractivity contribution >= 4 is 38.4 Å². The van der Waals surface area contributed by atoms with Gasteiger partial charge in [0.15, 0.2) is 5.82 Å². The fourth-order valence-corrected chi connectivity index (χ4v) is 4.83. The summed E-state index contributed by atoms with van der Waals surface area (Å²) in [5, 5.41) is 3.51. The highest BCUT2D eigenvalue weighted by Crippen LogP contribution is 2.29. The van der Waals surface area contributed by atoms with Gasteiger partial charge in [-0.15, -0.1) is 12.4 Å². The minimum Gasteiger partial charge on any atom is -0.314 e. The molecule has 0 spiro atoms. The first-order chi connectivity index (χ1) is 10.5. The van der Waals surface area contributed by atoms with Crippen molar-refractivity contribution in [1.82, 2.24) is 9.62 Å². The zero-order chi connectivity index (χ0) is 15.7. The molecule has 3 rings (SSSR count). The van der Waals surface area contributed by atoms with E-state index in [1.54, 1.807) is 6.07 Å². The molecule has 4 nitrogen and oxygen atoms in total. The largest absolute Gasteiger partial charge is 0.314 e. The number of nitrogens with one attached hydrogen (secondary N) is 1. The van der Waals surface area contributed by atoms with Gasteiger partial charge in [0.1, 0.15) is 4.90 Å². The van der Waals surface area contributed by atoms with Gasteiger partial charge in [-0.25, -0.2) is 12.8 Å². The molecule has 0 bridgehead atoms. The highest BCUT2D eigenvalue weighted by molar-refractivity contribution is 9.10. The lowest BCUT2D eigenvalue weighted by Crippen LogP contribution is -2.45. The molecule has 130 valence electrons. The standard InChI is InChI=1S/C15H20BrFN2O2S.ClH/c16-13-2-1-3-14(15(13)17)22(20,21)19-8-6-12(7-9-19)18-10-11-4-5-11;/h1-3,11-12,18H,4-10H2;1H. The van der Waals surface area contributed by atoms with E-state index in [1.165, 1.54) is 29.3 Å². The topological polar surface area (TPSA) is 49.4 Å². The minimum atomic E-state index is -3.76. The number of rotatable bonds is 5. The van der Waals surface area contributed by atoms with E-state index in [0.717, 1.165) is 25.3 Å². The molecule has 1 N–H and O–H groups in total. The molecular weight excluding hydrogens is 407 g/mol. The Labute approximate surface area is 151 Å². The maximum absolute atomic E-state index is 14.1. The summed E-state index contributed by atoms with van der Waals surface area (Å²) in [5.41, 5.74) is 0. The van der Waals surface area contributed by atoms with E-state index in [-0.39, 0.29) is 21.8 Å². The monoisotopic (exact) mass is 426 g/mol.